The number of rotatable bonds is 4. The van der Waals surface area contributed by atoms with Gasteiger partial charge in [0.25, 0.3) is 0 Å². The number of carbonyl (C=O) groups excluding carboxylic acids is 1. The minimum atomic E-state index is -0.0412. The van der Waals surface area contributed by atoms with E-state index in [1.54, 1.807) is 12.4 Å². The molecule has 0 aliphatic carbocycles. The molecule has 0 saturated carbocycles. The van der Waals surface area contributed by atoms with Gasteiger partial charge in [-0.25, -0.2) is 0 Å². The highest BCUT2D eigenvalue weighted by Gasteiger charge is 2.13. The second-order valence-electron chi connectivity index (χ2n) is 6.37. The van der Waals surface area contributed by atoms with Crippen LogP contribution < -0.4 is 5.32 Å². The van der Waals surface area contributed by atoms with E-state index >= 15 is 0 Å². The fourth-order valence-electron chi connectivity index (χ4n) is 3.12. The second kappa shape index (κ2) is 6.48. The van der Waals surface area contributed by atoms with Gasteiger partial charge < -0.3 is 10.3 Å². The van der Waals surface area contributed by atoms with Crippen molar-refractivity contribution in [1.29, 1.82) is 0 Å². The molecule has 0 radical (unpaired) electrons. The quantitative estimate of drug-likeness (QED) is 0.594. The van der Waals surface area contributed by atoms with Gasteiger partial charge >= 0.3 is 0 Å². The van der Waals surface area contributed by atoms with Crippen LogP contribution in [0.3, 0.4) is 0 Å². The summed E-state index contributed by atoms with van der Waals surface area (Å²) in [5.74, 6) is -0.0412. The number of H-pyrrole nitrogens is 1. The molecule has 4 rings (SSSR count). The van der Waals surface area contributed by atoms with Crippen LogP contribution in [0.25, 0.3) is 16.6 Å². The van der Waals surface area contributed by atoms with Crippen LogP contribution >= 0.6 is 0 Å². The number of nitrogens with zero attached hydrogens (tertiary/aromatic N) is 3. The van der Waals surface area contributed by atoms with E-state index in [0.717, 1.165) is 33.5 Å². The third-order valence-electron chi connectivity index (χ3n) is 4.41. The van der Waals surface area contributed by atoms with E-state index in [-0.39, 0.29) is 5.91 Å². The zero-order valence-electron chi connectivity index (χ0n) is 14.7. The Balaban J connectivity index is 1.51. The summed E-state index contributed by atoms with van der Waals surface area (Å²) in [4.78, 5) is 17.4. The first kappa shape index (κ1) is 16.1. The molecule has 0 saturated heterocycles. The van der Waals surface area contributed by atoms with Crippen molar-refractivity contribution < 1.29 is 4.79 Å². The lowest BCUT2D eigenvalue weighted by Gasteiger charge is -2.07. The third-order valence-corrected chi connectivity index (χ3v) is 4.41. The molecular formula is C20H19N5O. The largest absolute Gasteiger partial charge is 0.358 e. The maximum Gasteiger partial charge on any atom is 0.228 e. The van der Waals surface area contributed by atoms with Crippen LogP contribution in [0.15, 0.2) is 54.9 Å². The molecule has 2 N–H and O–H groups in total. The van der Waals surface area contributed by atoms with Crippen molar-refractivity contribution in [2.24, 2.45) is 0 Å². The lowest BCUT2D eigenvalue weighted by atomic mass is 10.1. The van der Waals surface area contributed by atoms with Crippen molar-refractivity contribution in [3.8, 4) is 5.69 Å². The number of hydrogen-bond acceptors (Lipinski definition) is 3. The van der Waals surface area contributed by atoms with Crippen molar-refractivity contribution in [2.45, 2.75) is 20.3 Å². The lowest BCUT2D eigenvalue weighted by Crippen LogP contribution is -2.14. The Morgan fingerprint density at radius 3 is 2.54 bits per heavy atom. The summed E-state index contributed by atoms with van der Waals surface area (Å²) in [6.45, 7) is 4.06. The summed E-state index contributed by atoms with van der Waals surface area (Å²) < 4.78 is 0. The van der Waals surface area contributed by atoms with Gasteiger partial charge in [-0.1, -0.05) is 11.6 Å². The summed E-state index contributed by atoms with van der Waals surface area (Å²) in [6, 6.07) is 13.7. The van der Waals surface area contributed by atoms with Crippen molar-refractivity contribution in [2.75, 3.05) is 5.32 Å². The fraction of sp³-hybridized carbons (Fsp3) is 0.150. The van der Waals surface area contributed by atoms with Crippen molar-refractivity contribution in [1.82, 2.24) is 20.0 Å². The highest BCUT2D eigenvalue weighted by molar-refractivity contribution is 5.96. The van der Waals surface area contributed by atoms with Crippen molar-refractivity contribution >= 4 is 22.5 Å². The molecule has 0 atom stereocenters. The lowest BCUT2D eigenvalue weighted by molar-refractivity contribution is -0.115. The monoisotopic (exact) mass is 345 g/mol. The average Bonchev–Trinajstić information content (AvgIpc) is 3.25. The van der Waals surface area contributed by atoms with E-state index in [4.69, 9.17) is 0 Å². The Bertz CT molecular complexity index is 1060. The Morgan fingerprint density at radius 1 is 1.08 bits per heavy atom. The smallest absolute Gasteiger partial charge is 0.228 e. The molecule has 0 spiro atoms. The minimum absolute atomic E-state index is 0.0412. The Morgan fingerprint density at radius 2 is 1.81 bits per heavy atom. The van der Waals surface area contributed by atoms with Crippen LogP contribution in [0.5, 0.6) is 0 Å². The van der Waals surface area contributed by atoms with E-state index in [1.807, 2.05) is 31.2 Å². The average molecular weight is 345 g/mol. The molecule has 2 aromatic heterocycles. The van der Waals surface area contributed by atoms with E-state index in [1.165, 1.54) is 10.4 Å². The van der Waals surface area contributed by atoms with Gasteiger partial charge in [0, 0.05) is 22.3 Å². The van der Waals surface area contributed by atoms with E-state index in [0.29, 0.717) is 6.42 Å². The number of nitrogens with one attached hydrogen (secondary N) is 2. The van der Waals surface area contributed by atoms with Crippen LogP contribution in [0.2, 0.25) is 0 Å². The Kier molecular flexibility index (Phi) is 4.01. The van der Waals surface area contributed by atoms with Crippen molar-refractivity contribution in [3.05, 3.63) is 71.7 Å². The maximum absolute atomic E-state index is 12.5. The van der Waals surface area contributed by atoms with Gasteiger partial charge in [-0.2, -0.15) is 15.0 Å². The molecule has 2 aromatic carbocycles. The minimum Gasteiger partial charge on any atom is -0.358 e. The van der Waals surface area contributed by atoms with Gasteiger partial charge in [0.2, 0.25) is 5.91 Å². The van der Waals surface area contributed by atoms with Gasteiger partial charge in [0.05, 0.1) is 24.5 Å². The number of aryl methyl sites for hydroxylation is 2. The number of aromatic nitrogens is 4. The maximum atomic E-state index is 12.5. The number of anilines is 1. The number of fused-ring (bicyclic) bond motifs is 1. The first-order valence-corrected chi connectivity index (χ1v) is 8.44. The molecule has 0 bridgehead atoms. The number of carbonyl (C=O) groups is 1. The highest BCUT2D eigenvalue weighted by atomic mass is 16.1. The molecule has 0 unspecified atom stereocenters. The molecule has 1 amide bonds. The second-order valence-corrected chi connectivity index (χ2v) is 6.37. The zero-order chi connectivity index (χ0) is 18.1. The van der Waals surface area contributed by atoms with Crippen molar-refractivity contribution in [3.63, 3.8) is 0 Å². The summed E-state index contributed by atoms with van der Waals surface area (Å²) in [6.07, 6.45) is 3.58. The van der Waals surface area contributed by atoms with Gasteiger partial charge in [-0.15, -0.1) is 0 Å². The molecule has 26 heavy (non-hydrogen) atoms. The van der Waals surface area contributed by atoms with Crippen LogP contribution in [0.4, 0.5) is 5.69 Å². The van der Waals surface area contributed by atoms with Crippen LogP contribution in [-0.2, 0) is 11.2 Å². The molecule has 130 valence electrons. The van der Waals surface area contributed by atoms with E-state index in [9.17, 15) is 4.79 Å². The van der Waals surface area contributed by atoms with Gasteiger partial charge in [0.1, 0.15) is 0 Å². The Hall–Kier alpha value is -3.41. The summed E-state index contributed by atoms with van der Waals surface area (Å²) in [5.41, 5.74) is 5.91. The number of benzene rings is 2. The van der Waals surface area contributed by atoms with Crippen LogP contribution in [0.1, 0.15) is 16.8 Å². The predicted octanol–water partition coefficient (Wildman–Crippen LogP) is 3.55. The summed E-state index contributed by atoms with van der Waals surface area (Å²) in [5, 5.41) is 12.2. The van der Waals surface area contributed by atoms with E-state index < -0.39 is 0 Å². The molecule has 0 aliphatic rings. The molecule has 2 heterocycles. The first-order valence-electron chi connectivity index (χ1n) is 8.44. The normalized spacial score (nSPS) is 11.0. The molecule has 4 aromatic rings. The van der Waals surface area contributed by atoms with Gasteiger partial charge in [0.15, 0.2) is 0 Å². The number of amides is 1. The van der Waals surface area contributed by atoms with Gasteiger partial charge in [-0.3, -0.25) is 4.79 Å². The van der Waals surface area contributed by atoms with E-state index in [2.05, 4.69) is 45.6 Å². The Labute approximate surface area is 150 Å². The predicted molar refractivity (Wildman–Crippen MR) is 101 cm³/mol. The van der Waals surface area contributed by atoms with Gasteiger partial charge in [-0.05, 0) is 55.8 Å². The molecular weight excluding hydrogens is 326 g/mol. The molecule has 6 heteroatoms. The van der Waals surface area contributed by atoms with Crippen LogP contribution in [0, 0.1) is 13.8 Å². The number of hydrogen-bond donors (Lipinski definition) is 2. The topological polar surface area (TPSA) is 75.6 Å². The third kappa shape index (κ3) is 3.09. The fourth-order valence-corrected chi connectivity index (χ4v) is 3.12. The standard InChI is InChI=1S/C20H19N5O/c1-13-3-8-19-18(11-13)17(14(2)23-19)12-20(26)24-15-4-6-16(7-5-15)25-21-9-10-22-25/h3-11,23H,12H2,1-2H3,(H,24,26). The van der Waals surface area contributed by atoms with Crippen LogP contribution in [-0.4, -0.2) is 25.9 Å². The summed E-state index contributed by atoms with van der Waals surface area (Å²) >= 11 is 0. The SMILES string of the molecule is Cc1ccc2[nH]c(C)c(CC(=O)Nc3ccc(-n4nccn4)cc3)c2c1. The molecule has 0 fully saturated rings. The first-order chi connectivity index (χ1) is 12.6. The highest BCUT2D eigenvalue weighted by Crippen LogP contribution is 2.24. The zero-order valence-corrected chi connectivity index (χ0v) is 14.7. The summed E-state index contributed by atoms with van der Waals surface area (Å²) in [7, 11) is 0. The molecule has 0 aliphatic heterocycles. The number of aromatic amines is 1. The molecule has 6 nitrogen and oxygen atoms in total.